The second-order valence-electron chi connectivity index (χ2n) is 4.43. The molecule has 4 N–H and O–H groups in total. The standard InChI is InChI=1S/C13H16N2O2.C2H6/c1-7-3-4-9-10(6-11(14)13(16)17)8(2)15-12(9)5-7;1-2/h3-5,11,15H,6,14H2,1-2H3,(H,16,17);1-2H3. The molecule has 1 heterocycles. The number of nitrogens with one attached hydrogen (secondary N) is 1. The van der Waals surface area contributed by atoms with Crippen LogP contribution in [0.2, 0.25) is 0 Å². The van der Waals surface area contributed by atoms with Gasteiger partial charge in [0.05, 0.1) is 0 Å². The van der Waals surface area contributed by atoms with Gasteiger partial charge in [-0.1, -0.05) is 26.0 Å². The summed E-state index contributed by atoms with van der Waals surface area (Å²) in [5.41, 5.74) is 9.78. The molecule has 0 amide bonds. The zero-order valence-corrected chi connectivity index (χ0v) is 11.9. The van der Waals surface area contributed by atoms with Crippen LogP contribution in [-0.2, 0) is 11.2 Å². The number of H-pyrrole nitrogens is 1. The predicted molar refractivity (Wildman–Crippen MR) is 78.4 cm³/mol. The molecule has 4 nitrogen and oxygen atoms in total. The Hall–Kier alpha value is -1.81. The number of carboxylic acid groups (broad SMARTS) is 1. The van der Waals surface area contributed by atoms with E-state index >= 15 is 0 Å². The SMILES string of the molecule is CC.Cc1ccc2c(CC(N)C(=O)O)c(C)[nH]c2c1. The maximum absolute atomic E-state index is 10.8. The summed E-state index contributed by atoms with van der Waals surface area (Å²) in [6.45, 7) is 7.97. The topological polar surface area (TPSA) is 79.1 Å². The fraction of sp³-hybridized carbons (Fsp3) is 0.400. The first-order chi connectivity index (χ1) is 8.99. The summed E-state index contributed by atoms with van der Waals surface area (Å²) in [6, 6.07) is 5.23. The molecule has 1 aromatic carbocycles. The Kier molecular flexibility index (Phi) is 5.12. The number of nitrogens with two attached hydrogens (primary N) is 1. The summed E-state index contributed by atoms with van der Waals surface area (Å²) < 4.78 is 0. The van der Waals surface area contributed by atoms with Gasteiger partial charge in [0, 0.05) is 23.0 Å². The summed E-state index contributed by atoms with van der Waals surface area (Å²) in [5, 5.41) is 9.91. The number of hydrogen-bond acceptors (Lipinski definition) is 2. The minimum Gasteiger partial charge on any atom is -0.480 e. The number of carbonyl (C=O) groups is 1. The molecule has 0 fully saturated rings. The van der Waals surface area contributed by atoms with Crippen molar-refractivity contribution in [3.05, 3.63) is 35.0 Å². The highest BCUT2D eigenvalue weighted by Gasteiger charge is 2.16. The van der Waals surface area contributed by atoms with Crippen LogP contribution in [0.4, 0.5) is 0 Å². The number of aryl methyl sites for hydroxylation is 2. The molecule has 0 bridgehead atoms. The Morgan fingerprint density at radius 1 is 1.37 bits per heavy atom. The molecule has 0 saturated heterocycles. The van der Waals surface area contributed by atoms with Crippen LogP contribution in [0.5, 0.6) is 0 Å². The summed E-state index contributed by atoms with van der Waals surface area (Å²) in [4.78, 5) is 14.1. The van der Waals surface area contributed by atoms with Gasteiger partial charge in [-0.05, 0) is 31.0 Å². The van der Waals surface area contributed by atoms with E-state index in [4.69, 9.17) is 10.8 Å². The van der Waals surface area contributed by atoms with Crippen LogP contribution in [0.3, 0.4) is 0 Å². The van der Waals surface area contributed by atoms with Crippen molar-refractivity contribution in [1.29, 1.82) is 0 Å². The average molecular weight is 262 g/mol. The zero-order valence-electron chi connectivity index (χ0n) is 11.9. The highest BCUT2D eigenvalue weighted by Crippen LogP contribution is 2.24. The van der Waals surface area contributed by atoms with E-state index in [-0.39, 0.29) is 0 Å². The Morgan fingerprint density at radius 3 is 2.58 bits per heavy atom. The lowest BCUT2D eigenvalue weighted by Gasteiger charge is -2.06. The first-order valence-corrected chi connectivity index (χ1v) is 6.55. The number of aromatic nitrogens is 1. The quantitative estimate of drug-likeness (QED) is 0.795. The molecular formula is C15H22N2O2. The van der Waals surface area contributed by atoms with Crippen LogP contribution in [-0.4, -0.2) is 22.1 Å². The number of aromatic amines is 1. The predicted octanol–water partition coefficient (Wildman–Crippen LogP) is 2.77. The monoisotopic (exact) mass is 262 g/mol. The van der Waals surface area contributed by atoms with Gasteiger partial charge in [-0.25, -0.2) is 0 Å². The molecule has 2 aromatic rings. The largest absolute Gasteiger partial charge is 0.480 e. The number of carboxylic acids is 1. The summed E-state index contributed by atoms with van der Waals surface area (Å²) in [5.74, 6) is -0.967. The van der Waals surface area contributed by atoms with Crippen molar-refractivity contribution in [2.24, 2.45) is 5.73 Å². The third-order valence-electron chi connectivity index (χ3n) is 3.02. The molecule has 0 radical (unpaired) electrons. The molecule has 19 heavy (non-hydrogen) atoms. The van der Waals surface area contributed by atoms with Crippen molar-refractivity contribution < 1.29 is 9.90 Å². The maximum Gasteiger partial charge on any atom is 0.320 e. The Balaban J connectivity index is 0.000000861. The van der Waals surface area contributed by atoms with E-state index in [1.54, 1.807) is 0 Å². The van der Waals surface area contributed by atoms with Gasteiger partial charge in [-0.3, -0.25) is 4.79 Å². The van der Waals surface area contributed by atoms with Crippen LogP contribution < -0.4 is 5.73 Å². The lowest BCUT2D eigenvalue weighted by atomic mass is 10.0. The smallest absolute Gasteiger partial charge is 0.320 e. The lowest BCUT2D eigenvalue weighted by Crippen LogP contribution is -2.32. The first-order valence-electron chi connectivity index (χ1n) is 6.55. The maximum atomic E-state index is 10.8. The van der Waals surface area contributed by atoms with E-state index in [1.165, 1.54) is 5.56 Å². The molecule has 0 saturated carbocycles. The molecule has 0 aliphatic rings. The van der Waals surface area contributed by atoms with E-state index < -0.39 is 12.0 Å². The van der Waals surface area contributed by atoms with Crippen molar-refractivity contribution in [2.45, 2.75) is 40.2 Å². The van der Waals surface area contributed by atoms with Crippen molar-refractivity contribution in [1.82, 2.24) is 4.98 Å². The van der Waals surface area contributed by atoms with Crippen molar-refractivity contribution in [3.63, 3.8) is 0 Å². The number of fused-ring (bicyclic) bond motifs is 1. The normalized spacial score (nSPS) is 11.8. The van der Waals surface area contributed by atoms with E-state index in [2.05, 4.69) is 11.1 Å². The van der Waals surface area contributed by atoms with Crippen LogP contribution >= 0.6 is 0 Å². The van der Waals surface area contributed by atoms with Gasteiger partial charge in [-0.2, -0.15) is 0 Å². The summed E-state index contributed by atoms with van der Waals surface area (Å²) in [6.07, 6.45) is 0.351. The average Bonchev–Trinajstić information content (AvgIpc) is 2.67. The molecular weight excluding hydrogens is 240 g/mol. The molecule has 4 heteroatoms. The molecule has 1 atom stereocenters. The van der Waals surface area contributed by atoms with Crippen molar-refractivity contribution >= 4 is 16.9 Å². The third-order valence-corrected chi connectivity index (χ3v) is 3.02. The van der Waals surface area contributed by atoms with Crippen LogP contribution in [0, 0.1) is 13.8 Å². The van der Waals surface area contributed by atoms with Gasteiger partial charge < -0.3 is 15.8 Å². The fourth-order valence-electron chi connectivity index (χ4n) is 2.07. The van der Waals surface area contributed by atoms with Crippen molar-refractivity contribution in [2.75, 3.05) is 0 Å². The Labute approximate surface area is 113 Å². The third kappa shape index (κ3) is 3.35. The Bertz CT molecular complexity index is 573. The lowest BCUT2D eigenvalue weighted by molar-refractivity contribution is -0.138. The molecule has 0 aliphatic heterocycles. The zero-order chi connectivity index (χ0) is 14.6. The van der Waals surface area contributed by atoms with E-state index in [0.717, 1.165) is 22.2 Å². The summed E-state index contributed by atoms with van der Waals surface area (Å²) in [7, 11) is 0. The number of hydrogen-bond donors (Lipinski definition) is 3. The Morgan fingerprint density at radius 2 is 2.00 bits per heavy atom. The van der Waals surface area contributed by atoms with Gasteiger partial charge in [0.15, 0.2) is 0 Å². The number of aliphatic carboxylic acids is 1. The van der Waals surface area contributed by atoms with Crippen LogP contribution in [0.1, 0.15) is 30.7 Å². The minimum atomic E-state index is -0.967. The second-order valence-corrected chi connectivity index (χ2v) is 4.43. The fourth-order valence-corrected chi connectivity index (χ4v) is 2.07. The summed E-state index contributed by atoms with van der Waals surface area (Å²) >= 11 is 0. The molecule has 2 rings (SSSR count). The highest BCUT2D eigenvalue weighted by molar-refractivity contribution is 5.86. The van der Waals surface area contributed by atoms with E-state index in [9.17, 15) is 4.79 Å². The van der Waals surface area contributed by atoms with Crippen LogP contribution in [0.25, 0.3) is 10.9 Å². The van der Waals surface area contributed by atoms with Gasteiger partial charge in [0.25, 0.3) is 0 Å². The van der Waals surface area contributed by atoms with Gasteiger partial charge in [-0.15, -0.1) is 0 Å². The molecule has 1 unspecified atom stereocenters. The van der Waals surface area contributed by atoms with Gasteiger partial charge >= 0.3 is 5.97 Å². The minimum absolute atomic E-state index is 0.351. The molecule has 1 aromatic heterocycles. The van der Waals surface area contributed by atoms with Crippen LogP contribution in [0.15, 0.2) is 18.2 Å². The van der Waals surface area contributed by atoms with Gasteiger partial charge in [0.1, 0.15) is 6.04 Å². The second kappa shape index (κ2) is 6.38. The molecule has 0 aliphatic carbocycles. The van der Waals surface area contributed by atoms with E-state index in [0.29, 0.717) is 6.42 Å². The number of benzene rings is 1. The van der Waals surface area contributed by atoms with E-state index in [1.807, 2.05) is 39.8 Å². The molecule has 104 valence electrons. The first kappa shape index (κ1) is 15.2. The number of rotatable bonds is 3. The highest BCUT2D eigenvalue weighted by atomic mass is 16.4. The van der Waals surface area contributed by atoms with Gasteiger partial charge in [0.2, 0.25) is 0 Å². The van der Waals surface area contributed by atoms with Crippen molar-refractivity contribution in [3.8, 4) is 0 Å². The molecule has 0 spiro atoms.